The second-order valence-corrected chi connectivity index (χ2v) is 3.91. The Hall–Kier alpha value is -0.760. The first kappa shape index (κ1) is 8.34. The van der Waals surface area contributed by atoms with E-state index < -0.39 is 0 Å². The van der Waals surface area contributed by atoms with Gasteiger partial charge in [0, 0.05) is 28.2 Å². The van der Waals surface area contributed by atoms with E-state index in [1.165, 1.54) is 0 Å². The summed E-state index contributed by atoms with van der Waals surface area (Å²) >= 11 is 0. The van der Waals surface area contributed by atoms with Crippen LogP contribution in [0.2, 0.25) is 0 Å². The van der Waals surface area contributed by atoms with E-state index in [4.69, 9.17) is 0 Å². The molecule has 1 aromatic heterocycles. The van der Waals surface area contributed by atoms with Crippen molar-refractivity contribution in [3.63, 3.8) is 0 Å². The van der Waals surface area contributed by atoms with E-state index in [1.807, 2.05) is 38.0 Å². The van der Waals surface area contributed by atoms with Gasteiger partial charge in [-0.05, 0) is 8.19 Å². The zero-order valence-electron chi connectivity index (χ0n) is 7.29. The van der Waals surface area contributed by atoms with E-state index in [0.717, 1.165) is 11.1 Å². The Bertz CT molecular complexity index is 208. The van der Waals surface area contributed by atoms with Crippen LogP contribution in [0.15, 0.2) is 0 Å². The molecule has 1 aromatic rings. The highest BCUT2D eigenvalue weighted by Crippen LogP contribution is 2.29. The molecule has 0 saturated carbocycles. The van der Waals surface area contributed by atoms with E-state index in [1.54, 1.807) is 0 Å². The van der Waals surface area contributed by atoms with Crippen LogP contribution in [0.25, 0.3) is 0 Å². The molecule has 0 amide bonds. The van der Waals surface area contributed by atoms with Crippen LogP contribution in [0.5, 0.6) is 0 Å². The van der Waals surface area contributed by atoms with Crippen molar-refractivity contribution >= 4 is 19.3 Å². The van der Waals surface area contributed by atoms with E-state index in [0.29, 0.717) is 8.19 Å². The van der Waals surface area contributed by atoms with Crippen molar-refractivity contribution in [2.75, 3.05) is 38.0 Å². The summed E-state index contributed by atoms with van der Waals surface area (Å²) < 4.78 is 0. The molecule has 11 heavy (non-hydrogen) atoms. The first-order chi connectivity index (χ1) is 5.11. The van der Waals surface area contributed by atoms with Gasteiger partial charge in [0.1, 0.15) is 0 Å². The molecule has 0 saturated heterocycles. The van der Waals surface area contributed by atoms with Crippen LogP contribution in [0.4, 0.5) is 11.1 Å². The molecule has 0 radical (unpaired) electrons. The summed E-state index contributed by atoms with van der Waals surface area (Å²) in [6.07, 6.45) is 0. The first-order valence-corrected chi connectivity index (χ1v) is 4.38. The Morgan fingerprint density at radius 3 is 1.45 bits per heavy atom. The molecule has 0 unspecified atom stereocenters. The zero-order chi connectivity index (χ0) is 8.43. The molecule has 0 fully saturated rings. The second-order valence-electron chi connectivity index (χ2n) is 2.76. The van der Waals surface area contributed by atoms with Gasteiger partial charge in [-0.3, -0.25) is 0 Å². The van der Waals surface area contributed by atoms with Gasteiger partial charge in [0.15, 0.2) is 11.1 Å². The minimum atomic E-state index is 0.603. The molecule has 0 bridgehead atoms. The van der Waals surface area contributed by atoms with E-state index >= 15 is 0 Å². The molecule has 0 aliphatic heterocycles. The van der Waals surface area contributed by atoms with Crippen molar-refractivity contribution < 1.29 is 0 Å². The smallest absolute Gasteiger partial charge is 0.169 e. The third-order valence-corrected chi connectivity index (χ3v) is 2.85. The third-order valence-electron chi connectivity index (χ3n) is 1.31. The molecule has 0 aromatic carbocycles. The van der Waals surface area contributed by atoms with Gasteiger partial charge in [0.25, 0.3) is 0 Å². The summed E-state index contributed by atoms with van der Waals surface area (Å²) in [5, 5.41) is 8.08. The summed E-state index contributed by atoms with van der Waals surface area (Å²) in [6.45, 7) is 0. The van der Waals surface area contributed by atoms with Crippen LogP contribution in [0, 0.1) is 0 Å². The van der Waals surface area contributed by atoms with E-state index in [2.05, 4.69) is 10.2 Å². The molecular formula is C6H13N4P. The van der Waals surface area contributed by atoms with Crippen LogP contribution in [-0.2, 0) is 0 Å². The van der Waals surface area contributed by atoms with Crippen molar-refractivity contribution in [2.45, 2.75) is 0 Å². The Morgan fingerprint density at radius 1 is 0.909 bits per heavy atom. The van der Waals surface area contributed by atoms with Crippen molar-refractivity contribution in [1.82, 2.24) is 10.2 Å². The third kappa shape index (κ3) is 1.84. The van der Waals surface area contributed by atoms with Gasteiger partial charge in [-0.1, -0.05) is 0 Å². The number of anilines is 2. The minimum Gasteiger partial charge on any atom is -0.358 e. The summed E-state index contributed by atoms with van der Waals surface area (Å²) in [5.74, 6) is 0. The molecule has 0 atom stereocenters. The molecule has 0 aliphatic carbocycles. The lowest BCUT2D eigenvalue weighted by Crippen LogP contribution is -2.07. The van der Waals surface area contributed by atoms with Gasteiger partial charge in [0.05, 0.1) is 0 Å². The van der Waals surface area contributed by atoms with Gasteiger partial charge < -0.3 is 9.80 Å². The topological polar surface area (TPSA) is 32.3 Å². The fourth-order valence-corrected chi connectivity index (χ4v) is 1.49. The second kappa shape index (κ2) is 3.09. The molecule has 0 spiro atoms. The van der Waals surface area contributed by atoms with Crippen molar-refractivity contribution in [1.29, 1.82) is 0 Å². The maximum atomic E-state index is 4.04. The summed E-state index contributed by atoms with van der Waals surface area (Å²) in [4.78, 5) is 4.00. The SMILES string of the molecule is CN(C)c1nnc(N(C)C)[pH]1. The Balaban J connectivity index is 2.82. The number of aromatic nitrogens is 2. The predicted octanol–water partition coefficient (Wildman–Crippen LogP) is 0.640. The summed E-state index contributed by atoms with van der Waals surface area (Å²) in [6, 6.07) is 0. The molecular weight excluding hydrogens is 159 g/mol. The lowest BCUT2D eigenvalue weighted by atomic mass is 10.9. The van der Waals surface area contributed by atoms with Gasteiger partial charge in [-0.15, -0.1) is 10.2 Å². The van der Waals surface area contributed by atoms with Crippen molar-refractivity contribution in [3.05, 3.63) is 0 Å². The average Bonchev–Trinajstić information content (AvgIpc) is 2.33. The van der Waals surface area contributed by atoms with E-state index in [-0.39, 0.29) is 0 Å². The molecule has 1 rings (SSSR count). The van der Waals surface area contributed by atoms with Gasteiger partial charge >= 0.3 is 0 Å². The molecule has 0 N–H and O–H groups in total. The van der Waals surface area contributed by atoms with Crippen LogP contribution in [-0.4, -0.2) is 38.4 Å². The van der Waals surface area contributed by atoms with Crippen LogP contribution in [0.1, 0.15) is 0 Å². The monoisotopic (exact) mass is 172 g/mol. The number of hydrogen-bond acceptors (Lipinski definition) is 4. The number of nitrogens with zero attached hydrogens (tertiary/aromatic N) is 4. The molecule has 1 heterocycles. The highest BCUT2D eigenvalue weighted by atomic mass is 31.0. The maximum Gasteiger partial charge on any atom is 0.169 e. The van der Waals surface area contributed by atoms with Crippen LogP contribution >= 0.6 is 8.19 Å². The average molecular weight is 172 g/mol. The minimum absolute atomic E-state index is 0.603. The van der Waals surface area contributed by atoms with Gasteiger partial charge in [-0.2, -0.15) is 0 Å². The number of rotatable bonds is 2. The van der Waals surface area contributed by atoms with Crippen molar-refractivity contribution in [2.24, 2.45) is 0 Å². The normalized spacial score (nSPS) is 9.82. The standard InChI is InChI=1S/C6H13N4P/c1-9(2)5-7-8-6(11-5)10(3)4/h11H,1-4H3. The summed E-state index contributed by atoms with van der Waals surface area (Å²) in [7, 11) is 8.55. The van der Waals surface area contributed by atoms with Gasteiger partial charge in [-0.25, -0.2) is 0 Å². The highest BCUT2D eigenvalue weighted by Gasteiger charge is 2.03. The van der Waals surface area contributed by atoms with Crippen LogP contribution in [0.3, 0.4) is 0 Å². The van der Waals surface area contributed by atoms with Gasteiger partial charge in [0.2, 0.25) is 0 Å². The quantitative estimate of drug-likeness (QED) is 0.655. The maximum absolute atomic E-state index is 4.04. The predicted molar refractivity (Wildman–Crippen MR) is 50.2 cm³/mol. The lowest BCUT2D eigenvalue weighted by Gasteiger charge is -2.07. The Labute approximate surface area is 68.3 Å². The molecule has 5 heteroatoms. The lowest BCUT2D eigenvalue weighted by molar-refractivity contribution is 0.985. The van der Waals surface area contributed by atoms with Crippen LogP contribution < -0.4 is 9.80 Å². The molecule has 4 nitrogen and oxygen atoms in total. The first-order valence-electron chi connectivity index (χ1n) is 3.38. The molecule has 62 valence electrons. The summed E-state index contributed by atoms with van der Waals surface area (Å²) in [5.41, 5.74) is 2.10. The van der Waals surface area contributed by atoms with Crippen molar-refractivity contribution in [3.8, 4) is 0 Å². The fraction of sp³-hybridized carbons (Fsp3) is 0.667. The Kier molecular flexibility index (Phi) is 2.35. The molecule has 0 aliphatic rings. The zero-order valence-corrected chi connectivity index (χ0v) is 8.29. The number of hydrogen-bond donors (Lipinski definition) is 0. The Morgan fingerprint density at radius 2 is 1.27 bits per heavy atom. The largest absolute Gasteiger partial charge is 0.358 e. The van der Waals surface area contributed by atoms with E-state index in [9.17, 15) is 0 Å². The fourth-order valence-electron chi connectivity index (χ4n) is 0.647. The highest BCUT2D eigenvalue weighted by molar-refractivity contribution is 7.38.